The van der Waals surface area contributed by atoms with Gasteiger partial charge in [-0.1, -0.05) is 23.7 Å². The normalized spacial score (nSPS) is 11.2. The molecule has 0 spiro atoms. The molecule has 1 amide bonds. The Morgan fingerprint density at radius 2 is 1.88 bits per heavy atom. The monoisotopic (exact) mass is 462 g/mol. The third-order valence-electron chi connectivity index (χ3n) is 4.97. The lowest BCUT2D eigenvalue weighted by Crippen LogP contribution is -2.14. The van der Waals surface area contributed by atoms with E-state index in [1.165, 1.54) is 12.1 Å². The molecule has 3 rings (SSSR count). The van der Waals surface area contributed by atoms with Gasteiger partial charge in [-0.2, -0.15) is 13.2 Å². The molecular formula is C23H22ClF3N4O. The Hall–Kier alpha value is -3.26. The van der Waals surface area contributed by atoms with Gasteiger partial charge in [0.25, 0.3) is 5.91 Å². The zero-order valence-corrected chi connectivity index (χ0v) is 18.4. The van der Waals surface area contributed by atoms with E-state index in [1.54, 1.807) is 31.4 Å². The van der Waals surface area contributed by atoms with Crippen molar-refractivity contribution in [1.29, 1.82) is 0 Å². The summed E-state index contributed by atoms with van der Waals surface area (Å²) in [6.07, 6.45) is -2.81. The van der Waals surface area contributed by atoms with Crippen molar-refractivity contribution in [3.05, 3.63) is 81.5 Å². The van der Waals surface area contributed by atoms with E-state index in [2.05, 4.69) is 20.9 Å². The van der Waals surface area contributed by atoms with E-state index in [0.717, 1.165) is 28.8 Å². The van der Waals surface area contributed by atoms with Gasteiger partial charge in [0, 0.05) is 47.9 Å². The van der Waals surface area contributed by atoms with Gasteiger partial charge in [-0.3, -0.25) is 4.79 Å². The van der Waals surface area contributed by atoms with Crippen molar-refractivity contribution in [2.45, 2.75) is 26.6 Å². The van der Waals surface area contributed by atoms with Crippen LogP contribution in [0.1, 0.15) is 32.6 Å². The first-order chi connectivity index (χ1) is 15.1. The van der Waals surface area contributed by atoms with Gasteiger partial charge in [0.15, 0.2) is 0 Å². The number of rotatable bonds is 6. The number of hydrogen-bond donors (Lipinski definition) is 3. The second-order valence-corrected chi connectivity index (χ2v) is 7.61. The minimum atomic E-state index is -4.48. The molecule has 0 aliphatic rings. The van der Waals surface area contributed by atoms with Crippen molar-refractivity contribution in [3.8, 4) is 0 Å². The standard InChI is InChI=1S/C23H22ClF3N4O/c1-13-7-8-15(22(32)31-18-6-4-5-17(10-18)23(25,26)27)9-19(13)29-11-16-12-30-21(28-3)14(2)20(16)24/h4-10,12,29H,11H2,1-3H3,(H,28,30)(H,31,32). The molecule has 1 heterocycles. The van der Waals surface area contributed by atoms with Gasteiger partial charge >= 0.3 is 6.18 Å². The van der Waals surface area contributed by atoms with Crippen LogP contribution in [0.3, 0.4) is 0 Å². The van der Waals surface area contributed by atoms with E-state index in [4.69, 9.17) is 11.6 Å². The van der Waals surface area contributed by atoms with Crippen LogP contribution in [0.5, 0.6) is 0 Å². The van der Waals surface area contributed by atoms with Crippen molar-refractivity contribution in [3.63, 3.8) is 0 Å². The van der Waals surface area contributed by atoms with E-state index in [-0.39, 0.29) is 5.69 Å². The number of nitrogens with zero attached hydrogens (tertiary/aromatic N) is 1. The number of carbonyl (C=O) groups excluding carboxylic acids is 1. The van der Waals surface area contributed by atoms with Crippen LogP contribution in [0.25, 0.3) is 0 Å². The lowest BCUT2D eigenvalue weighted by atomic mass is 10.1. The number of halogens is 4. The minimum absolute atomic E-state index is 0.0675. The highest BCUT2D eigenvalue weighted by atomic mass is 35.5. The van der Waals surface area contributed by atoms with Gasteiger partial charge in [0.1, 0.15) is 5.82 Å². The summed E-state index contributed by atoms with van der Waals surface area (Å²) in [5.41, 5.74) is 2.77. The highest BCUT2D eigenvalue weighted by Gasteiger charge is 2.30. The Morgan fingerprint density at radius 3 is 2.56 bits per heavy atom. The number of hydrogen-bond acceptors (Lipinski definition) is 4. The topological polar surface area (TPSA) is 66.0 Å². The van der Waals surface area contributed by atoms with Crippen molar-refractivity contribution < 1.29 is 18.0 Å². The fraction of sp³-hybridized carbons (Fsp3) is 0.217. The van der Waals surface area contributed by atoms with Crippen molar-refractivity contribution in [2.75, 3.05) is 23.0 Å². The van der Waals surface area contributed by atoms with Crippen LogP contribution < -0.4 is 16.0 Å². The van der Waals surface area contributed by atoms with E-state index < -0.39 is 17.6 Å². The molecule has 0 atom stereocenters. The lowest BCUT2D eigenvalue weighted by molar-refractivity contribution is -0.137. The molecule has 1 aromatic heterocycles. The molecule has 0 fully saturated rings. The van der Waals surface area contributed by atoms with E-state index >= 15 is 0 Å². The number of carbonyl (C=O) groups is 1. The molecule has 0 unspecified atom stereocenters. The Morgan fingerprint density at radius 1 is 1.12 bits per heavy atom. The van der Waals surface area contributed by atoms with Gasteiger partial charge in [-0.25, -0.2) is 4.98 Å². The predicted octanol–water partition coefficient (Wildman–Crippen LogP) is 6.28. The van der Waals surface area contributed by atoms with Gasteiger partial charge in [0.05, 0.1) is 10.6 Å². The zero-order chi connectivity index (χ0) is 23.5. The molecule has 5 nitrogen and oxygen atoms in total. The quantitative estimate of drug-likeness (QED) is 0.403. The highest BCUT2D eigenvalue weighted by molar-refractivity contribution is 6.32. The maximum Gasteiger partial charge on any atom is 0.416 e. The maximum atomic E-state index is 12.9. The smallest absolute Gasteiger partial charge is 0.381 e. The van der Waals surface area contributed by atoms with Crippen LogP contribution in [-0.2, 0) is 12.7 Å². The SMILES string of the molecule is CNc1ncc(CNc2cc(C(=O)Nc3cccc(C(F)(F)F)c3)ccc2C)c(Cl)c1C. The third kappa shape index (κ3) is 5.31. The molecule has 168 valence electrons. The number of amides is 1. The van der Waals surface area contributed by atoms with E-state index in [9.17, 15) is 18.0 Å². The highest BCUT2D eigenvalue weighted by Crippen LogP contribution is 2.31. The molecule has 9 heteroatoms. The lowest BCUT2D eigenvalue weighted by Gasteiger charge is -2.15. The Labute approximate surface area is 189 Å². The first kappa shape index (κ1) is 23.4. The molecule has 3 N–H and O–H groups in total. The van der Waals surface area contributed by atoms with Crippen LogP contribution >= 0.6 is 11.6 Å². The number of pyridine rings is 1. The van der Waals surface area contributed by atoms with E-state index in [1.807, 2.05) is 13.8 Å². The number of anilines is 3. The minimum Gasteiger partial charge on any atom is -0.381 e. The molecule has 0 saturated carbocycles. The predicted molar refractivity (Wildman–Crippen MR) is 121 cm³/mol. The summed E-state index contributed by atoms with van der Waals surface area (Å²) in [5, 5.41) is 9.33. The first-order valence-corrected chi connectivity index (χ1v) is 10.1. The molecule has 0 bridgehead atoms. The van der Waals surface area contributed by atoms with Gasteiger partial charge in [-0.15, -0.1) is 0 Å². The number of benzene rings is 2. The zero-order valence-electron chi connectivity index (χ0n) is 17.7. The van der Waals surface area contributed by atoms with Crippen LogP contribution in [0.2, 0.25) is 5.02 Å². The number of aryl methyl sites for hydroxylation is 1. The molecule has 2 aromatic carbocycles. The van der Waals surface area contributed by atoms with Crippen LogP contribution in [-0.4, -0.2) is 17.9 Å². The molecule has 32 heavy (non-hydrogen) atoms. The van der Waals surface area contributed by atoms with Gasteiger partial charge < -0.3 is 16.0 Å². The fourth-order valence-electron chi connectivity index (χ4n) is 3.14. The molecule has 0 saturated heterocycles. The summed E-state index contributed by atoms with van der Waals surface area (Å²) < 4.78 is 38.7. The molecule has 0 aliphatic heterocycles. The first-order valence-electron chi connectivity index (χ1n) is 9.75. The molecule has 0 aliphatic carbocycles. The Kier molecular flexibility index (Phi) is 6.93. The van der Waals surface area contributed by atoms with Crippen molar-refractivity contribution in [2.24, 2.45) is 0 Å². The van der Waals surface area contributed by atoms with Crippen LogP contribution in [0.4, 0.5) is 30.4 Å². The number of aromatic nitrogens is 1. The summed E-state index contributed by atoms with van der Waals surface area (Å²) in [7, 11) is 1.77. The summed E-state index contributed by atoms with van der Waals surface area (Å²) in [5.74, 6) is 0.185. The number of alkyl halides is 3. The van der Waals surface area contributed by atoms with Crippen LogP contribution in [0.15, 0.2) is 48.7 Å². The Bertz CT molecular complexity index is 1150. The Balaban J connectivity index is 1.76. The summed E-state index contributed by atoms with van der Waals surface area (Å²) in [6, 6.07) is 9.54. The summed E-state index contributed by atoms with van der Waals surface area (Å²) in [4.78, 5) is 17.0. The average molecular weight is 463 g/mol. The van der Waals surface area contributed by atoms with Crippen molar-refractivity contribution in [1.82, 2.24) is 4.98 Å². The van der Waals surface area contributed by atoms with Crippen molar-refractivity contribution >= 4 is 34.7 Å². The second-order valence-electron chi connectivity index (χ2n) is 7.24. The average Bonchev–Trinajstić information content (AvgIpc) is 2.75. The fourth-order valence-corrected chi connectivity index (χ4v) is 3.34. The van der Waals surface area contributed by atoms with E-state index in [0.29, 0.717) is 28.6 Å². The largest absolute Gasteiger partial charge is 0.416 e. The van der Waals surface area contributed by atoms with Crippen LogP contribution in [0, 0.1) is 13.8 Å². The molecule has 3 aromatic rings. The van der Waals surface area contributed by atoms with Gasteiger partial charge in [0.2, 0.25) is 0 Å². The second kappa shape index (κ2) is 9.48. The summed E-state index contributed by atoms with van der Waals surface area (Å²) in [6.45, 7) is 4.14. The molecular weight excluding hydrogens is 441 g/mol. The number of nitrogens with one attached hydrogen (secondary N) is 3. The molecule has 0 radical (unpaired) electrons. The maximum absolute atomic E-state index is 12.9. The third-order valence-corrected chi connectivity index (χ3v) is 5.50. The van der Waals surface area contributed by atoms with Gasteiger partial charge in [-0.05, 0) is 49.7 Å². The summed E-state index contributed by atoms with van der Waals surface area (Å²) >= 11 is 6.44.